The summed E-state index contributed by atoms with van der Waals surface area (Å²) < 4.78 is 14.5. The lowest BCUT2D eigenvalue weighted by atomic mass is 9.94. The van der Waals surface area contributed by atoms with Crippen molar-refractivity contribution in [1.29, 1.82) is 0 Å². The molecule has 30 heavy (non-hydrogen) atoms. The van der Waals surface area contributed by atoms with Gasteiger partial charge in [0, 0.05) is 24.7 Å². The third kappa shape index (κ3) is 3.95. The van der Waals surface area contributed by atoms with E-state index in [4.69, 9.17) is 28.2 Å². The van der Waals surface area contributed by atoms with Gasteiger partial charge in [0.05, 0.1) is 21.2 Å². The van der Waals surface area contributed by atoms with Gasteiger partial charge in [-0.15, -0.1) is 0 Å². The zero-order chi connectivity index (χ0) is 21.3. The smallest absolute Gasteiger partial charge is 0.245 e. The van der Waals surface area contributed by atoms with Crippen molar-refractivity contribution in [3.05, 3.63) is 64.8 Å². The van der Waals surface area contributed by atoms with Crippen molar-refractivity contribution in [2.24, 2.45) is 0 Å². The summed E-state index contributed by atoms with van der Waals surface area (Å²) in [6, 6.07) is 6.75. The van der Waals surface area contributed by atoms with Crippen LogP contribution in [0.3, 0.4) is 0 Å². The van der Waals surface area contributed by atoms with E-state index in [1.165, 1.54) is 24.5 Å². The van der Waals surface area contributed by atoms with Crippen LogP contribution in [0.4, 0.5) is 15.9 Å². The molecule has 0 bridgehead atoms. The molecule has 1 atom stereocenters. The van der Waals surface area contributed by atoms with E-state index in [2.05, 4.69) is 21.9 Å². The van der Waals surface area contributed by atoms with Crippen molar-refractivity contribution < 1.29 is 9.18 Å². The molecule has 154 valence electrons. The van der Waals surface area contributed by atoms with Gasteiger partial charge >= 0.3 is 0 Å². The minimum Gasteiger partial charge on any atom is -0.339 e. The zero-order valence-corrected chi connectivity index (χ0v) is 17.4. The molecular weight excluding hydrogens is 428 g/mol. The highest BCUT2D eigenvalue weighted by atomic mass is 35.5. The van der Waals surface area contributed by atoms with E-state index in [0.717, 1.165) is 18.5 Å². The van der Waals surface area contributed by atoms with Gasteiger partial charge in [-0.3, -0.25) is 4.79 Å². The van der Waals surface area contributed by atoms with E-state index in [-0.39, 0.29) is 27.6 Å². The van der Waals surface area contributed by atoms with Crippen LogP contribution in [0.15, 0.2) is 43.2 Å². The Morgan fingerprint density at radius 2 is 2.10 bits per heavy atom. The molecule has 1 aliphatic heterocycles. The fraction of sp³-hybridized carbons (Fsp3) is 0.238. The van der Waals surface area contributed by atoms with Crippen molar-refractivity contribution in [2.75, 3.05) is 18.4 Å². The highest BCUT2D eigenvalue weighted by Gasteiger charge is 2.25. The number of hydrogen-bond acceptors (Lipinski definition) is 5. The van der Waals surface area contributed by atoms with Crippen molar-refractivity contribution >= 4 is 51.6 Å². The number of pyridine rings is 1. The number of halogens is 3. The fourth-order valence-electron chi connectivity index (χ4n) is 3.57. The number of rotatable bonds is 4. The summed E-state index contributed by atoms with van der Waals surface area (Å²) in [5, 5.41) is 2.90. The quantitative estimate of drug-likeness (QED) is 0.446. The zero-order valence-electron chi connectivity index (χ0n) is 15.9. The molecule has 9 heteroatoms. The molecule has 0 radical (unpaired) electrons. The first-order valence-electron chi connectivity index (χ1n) is 9.41. The second kappa shape index (κ2) is 8.53. The summed E-state index contributed by atoms with van der Waals surface area (Å²) >= 11 is 11.8. The number of likely N-dealkylation sites (tertiary alicyclic amines) is 1. The topological polar surface area (TPSA) is 71.0 Å². The van der Waals surface area contributed by atoms with Gasteiger partial charge in [0.25, 0.3) is 0 Å². The molecule has 1 saturated heterocycles. The van der Waals surface area contributed by atoms with Crippen LogP contribution < -0.4 is 5.32 Å². The van der Waals surface area contributed by atoms with E-state index in [9.17, 15) is 9.18 Å². The third-order valence-corrected chi connectivity index (χ3v) is 5.90. The SMILES string of the molecule is C=CC(=O)N1CCC[C@@H](c2ccc3ncnc(Nc4ccc(Cl)c(Cl)c4F)c3n2)C1. The van der Waals surface area contributed by atoms with E-state index in [1.54, 1.807) is 4.90 Å². The molecule has 3 heterocycles. The molecule has 1 N–H and O–H groups in total. The lowest BCUT2D eigenvalue weighted by Crippen LogP contribution is -2.38. The first-order valence-corrected chi connectivity index (χ1v) is 10.2. The van der Waals surface area contributed by atoms with Gasteiger partial charge < -0.3 is 10.2 Å². The Morgan fingerprint density at radius 1 is 1.27 bits per heavy atom. The molecule has 0 saturated carbocycles. The Bertz CT molecular complexity index is 1140. The molecule has 2 aromatic heterocycles. The summed E-state index contributed by atoms with van der Waals surface area (Å²) in [6.07, 6.45) is 4.51. The molecule has 1 fully saturated rings. The first kappa shape index (κ1) is 20.5. The molecule has 6 nitrogen and oxygen atoms in total. The van der Waals surface area contributed by atoms with Crippen molar-refractivity contribution in [2.45, 2.75) is 18.8 Å². The predicted octanol–water partition coefficient (Wildman–Crippen LogP) is 5.11. The fourth-order valence-corrected chi connectivity index (χ4v) is 3.88. The Labute approximate surface area is 182 Å². The number of benzene rings is 1. The molecule has 0 unspecified atom stereocenters. The van der Waals surface area contributed by atoms with Crippen molar-refractivity contribution in [1.82, 2.24) is 19.9 Å². The van der Waals surface area contributed by atoms with Gasteiger partial charge in [0.15, 0.2) is 11.6 Å². The van der Waals surface area contributed by atoms with Gasteiger partial charge in [0.1, 0.15) is 11.8 Å². The third-order valence-electron chi connectivity index (χ3n) is 5.12. The van der Waals surface area contributed by atoms with Crippen LogP contribution in [0.25, 0.3) is 11.0 Å². The Balaban J connectivity index is 1.68. The number of nitrogens with one attached hydrogen (secondary N) is 1. The van der Waals surface area contributed by atoms with Gasteiger partial charge in [-0.05, 0) is 43.2 Å². The van der Waals surface area contributed by atoms with Crippen LogP contribution in [0.2, 0.25) is 10.0 Å². The van der Waals surface area contributed by atoms with E-state index >= 15 is 0 Å². The average Bonchev–Trinajstić information content (AvgIpc) is 2.79. The van der Waals surface area contributed by atoms with E-state index in [1.807, 2.05) is 12.1 Å². The number of anilines is 2. The average molecular weight is 446 g/mol. The minimum absolute atomic E-state index is 0.0822. The Morgan fingerprint density at radius 3 is 2.90 bits per heavy atom. The number of amides is 1. The summed E-state index contributed by atoms with van der Waals surface area (Å²) in [5.41, 5.74) is 2.09. The number of carbonyl (C=O) groups excluding carboxylic acids is 1. The van der Waals surface area contributed by atoms with Gasteiger partial charge in [0.2, 0.25) is 5.91 Å². The summed E-state index contributed by atoms with van der Waals surface area (Å²) in [6.45, 7) is 4.85. The highest BCUT2D eigenvalue weighted by molar-refractivity contribution is 6.42. The predicted molar refractivity (Wildman–Crippen MR) is 116 cm³/mol. The van der Waals surface area contributed by atoms with Crippen LogP contribution in [0.5, 0.6) is 0 Å². The van der Waals surface area contributed by atoms with Crippen LogP contribution in [-0.4, -0.2) is 38.8 Å². The maximum atomic E-state index is 14.5. The summed E-state index contributed by atoms with van der Waals surface area (Å²) in [5.74, 6) is -0.310. The maximum absolute atomic E-state index is 14.5. The number of piperidine rings is 1. The van der Waals surface area contributed by atoms with E-state index in [0.29, 0.717) is 29.9 Å². The molecule has 0 aliphatic carbocycles. The number of carbonyl (C=O) groups is 1. The molecule has 1 amide bonds. The molecular formula is C21H18Cl2FN5O. The van der Waals surface area contributed by atoms with Crippen LogP contribution >= 0.6 is 23.2 Å². The largest absolute Gasteiger partial charge is 0.339 e. The Kier molecular flexibility index (Phi) is 5.83. The highest BCUT2D eigenvalue weighted by Crippen LogP contribution is 2.33. The summed E-state index contributed by atoms with van der Waals surface area (Å²) in [4.78, 5) is 27.0. The molecule has 4 rings (SSSR count). The van der Waals surface area contributed by atoms with E-state index < -0.39 is 5.82 Å². The number of nitrogens with zero attached hydrogens (tertiary/aromatic N) is 4. The van der Waals surface area contributed by atoms with Crippen molar-refractivity contribution in [3.63, 3.8) is 0 Å². The van der Waals surface area contributed by atoms with Crippen LogP contribution in [0.1, 0.15) is 24.5 Å². The Hall–Kier alpha value is -2.77. The first-order chi connectivity index (χ1) is 14.5. The summed E-state index contributed by atoms with van der Waals surface area (Å²) in [7, 11) is 0. The normalized spacial score (nSPS) is 16.5. The number of fused-ring (bicyclic) bond motifs is 1. The van der Waals surface area contributed by atoms with Gasteiger partial charge in [-0.1, -0.05) is 29.8 Å². The standard InChI is InChI=1S/C21H18Cl2FN5O/c1-2-17(30)29-9-3-4-12(10-29)14-7-8-16-20(27-14)21(26-11-25-16)28-15-6-5-13(22)18(23)19(15)24/h2,5-8,11-12H,1,3-4,9-10H2,(H,25,26,28)/t12-/m1/s1. The number of aromatic nitrogens is 3. The monoisotopic (exact) mass is 445 g/mol. The lowest BCUT2D eigenvalue weighted by molar-refractivity contribution is -0.127. The maximum Gasteiger partial charge on any atom is 0.245 e. The molecule has 1 aliphatic rings. The molecule has 1 aromatic carbocycles. The van der Waals surface area contributed by atoms with Gasteiger partial charge in [-0.25, -0.2) is 19.3 Å². The minimum atomic E-state index is -0.669. The van der Waals surface area contributed by atoms with Gasteiger partial charge in [-0.2, -0.15) is 0 Å². The molecule has 0 spiro atoms. The van der Waals surface area contributed by atoms with Crippen LogP contribution in [-0.2, 0) is 4.79 Å². The number of hydrogen-bond donors (Lipinski definition) is 1. The second-order valence-corrected chi connectivity index (χ2v) is 7.79. The second-order valence-electron chi connectivity index (χ2n) is 7.00. The van der Waals surface area contributed by atoms with Crippen molar-refractivity contribution in [3.8, 4) is 0 Å². The lowest BCUT2D eigenvalue weighted by Gasteiger charge is -2.31. The molecule has 3 aromatic rings. The van der Waals surface area contributed by atoms with Crippen LogP contribution in [0, 0.1) is 5.82 Å².